The van der Waals surface area contributed by atoms with E-state index >= 15 is 0 Å². The summed E-state index contributed by atoms with van der Waals surface area (Å²) in [7, 11) is -3.38. The normalized spacial score (nSPS) is 11.5. The topological polar surface area (TPSA) is 91.9 Å². The lowest BCUT2D eigenvalue weighted by molar-refractivity contribution is -0.116. The zero-order valence-electron chi connectivity index (χ0n) is 17.1. The number of aromatic nitrogens is 2. The van der Waals surface area contributed by atoms with Gasteiger partial charge in [-0.05, 0) is 61.9 Å². The summed E-state index contributed by atoms with van der Waals surface area (Å²) in [5, 5.41) is 2.82. The van der Waals surface area contributed by atoms with Crippen LogP contribution in [-0.2, 0) is 14.6 Å². The van der Waals surface area contributed by atoms with Crippen LogP contribution in [0, 0.1) is 6.92 Å². The molecule has 0 saturated carbocycles. The molecule has 1 heterocycles. The molecule has 0 saturated heterocycles. The number of benzene rings is 3. The van der Waals surface area contributed by atoms with E-state index in [2.05, 4.69) is 15.3 Å². The van der Waals surface area contributed by atoms with Crippen LogP contribution >= 0.6 is 0 Å². The second kappa shape index (κ2) is 8.73. The molecular weight excluding hydrogens is 410 g/mol. The van der Waals surface area contributed by atoms with Crippen LogP contribution in [0.2, 0.25) is 0 Å². The predicted molar refractivity (Wildman–Crippen MR) is 123 cm³/mol. The van der Waals surface area contributed by atoms with Gasteiger partial charge in [0.05, 0.1) is 21.7 Å². The van der Waals surface area contributed by atoms with Gasteiger partial charge in [0.1, 0.15) is 5.82 Å². The highest BCUT2D eigenvalue weighted by Gasteiger charge is 2.15. The fraction of sp³-hybridized carbons (Fsp3) is 0.167. The molecule has 0 radical (unpaired) electrons. The SMILES string of the molecule is Cc1ccc(S(=O)(=O)CCCC(=O)Nc2ccc(-c3nc4ccccc4[nH]3)cc2)cc1. The number of para-hydroxylation sites is 2. The summed E-state index contributed by atoms with van der Waals surface area (Å²) in [6, 6.07) is 22.0. The number of carbonyl (C=O) groups excluding carboxylic acids is 1. The Hall–Kier alpha value is -3.45. The molecule has 2 N–H and O–H groups in total. The number of nitrogens with zero attached hydrogens (tertiary/aromatic N) is 1. The minimum atomic E-state index is -3.38. The molecular formula is C24H23N3O3S. The Bertz CT molecular complexity index is 1280. The zero-order valence-corrected chi connectivity index (χ0v) is 17.9. The first kappa shape index (κ1) is 20.8. The summed E-state index contributed by atoms with van der Waals surface area (Å²) >= 11 is 0. The molecule has 3 aromatic carbocycles. The van der Waals surface area contributed by atoms with Gasteiger partial charge >= 0.3 is 0 Å². The van der Waals surface area contributed by atoms with Gasteiger partial charge in [0.2, 0.25) is 5.91 Å². The van der Waals surface area contributed by atoms with Gasteiger partial charge in [-0.3, -0.25) is 4.79 Å². The quantitative estimate of drug-likeness (QED) is 0.441. The largest absolute Gasteiger partial charge is 0.338 e. The molecule has 31 heavy (non-hydrogen) atoms. The number of H-pyrrole nitrogens is 1. The smallest absolute Gasteiger partial charge is 0.224 e. The highest BCUT2D eigenvalue weighted by molar-refractivity contribution is 7.91. The average molecular weight is 434 g/mol. The van der Waals surface area contributed by atoms with Gasteiger partial charge in [0.15, 0.2) is 9.84 Å². The van der Waals surface area contributed by atoms with E-state index in [1.54, 1.807) is 24.3 Å². The molecule has 0 atom stereocenters. The summed E-state index contributed by atoms with van der Waals surface area (Å²) in [6.45, 7) is 1.91. The van der Waals surface area contributed by atoms with E-state index in [1.165, 1.54) is 0 Å². The Balaban J connectivity index is 1.32. The summed E-state index contributed by atoms with van der Waals surface area (Å²) in [4.78, 5) is 20.4. The standard InChI is InChI=1S/C24H23N3O3S/c1-17-8-14-20(15-9-17)31(29,30)16-4-7-23(28)25-19-12-10-18(11-13-19)24-26-21-5-2-3-6-22(21)27-24/h2-3,5-6,8-15H,4,7,16H2,1H3,(H,25,28)(H,26,27). The van der Waals surface area contributed by atoms with Gasteiger partial charge in [-0.1, -0.05) is 29.8 Å². The molecule has 0 bridgehead atoms. The van der Waals surface area contributed by atoms with E-state index in [9.17, 15) is 13.2 Å². The van der Waals surface area contributed by atoms with Crippen LogP contribution in [0.5, 0.6) is 0 Å². The molecule has 0 aliphatic carbocycles. The molecule has 0 fully saturated rings. The van der Waals surface area contributed by atoms with E-state index in [0.29, 0.717) is 10.6 Å². The van der Waals surface area contributed by atoms with Gasteiger partial charge in [-0.15, -0.1) is 0 Å². The number of aryl methyl sites for hydroxylation is 1. The van der Waals surface area contributed by atoms with Crippen LogP contribution in [0.1, 0.15) is 18.4 Å². The van der Waals surface area contributed by atoms with Gasteiger partial charge in [0.25, 0.3) is 0 Å². The fourth-order valence-corrected chi connectivity index (χ4v) is 4.62. The molecule has 0 unspecified atom stereocenters. The molecule has 4 rings (SSSR count). The Morgan fingerprint density at radius 2 is 1.68 bits per heavy atom. The maximum Gasteiger partial charge on any atom is 0.224 e. The Morgan fingerprint density at radius 1 is 0.968 bits per heavy atom. The second-order valence-corrected chi connectivity index (χ2v) is 9.57. The van der Waals surface area contributed by atoms with Crippen LogP contribution in [-0.4, -0.2) is 30.0 Å². The summed E-state index contributed by atoms with van der Waals surface area (Å²) in [6.07, 6.45) is 0.398. The lowest BCUT2D eigenvalue weighted by Gasteiger charge is -2.07. The zero-order chi connectivity index (χ0) is 21.8. The van der Waals surface area contributed by atoms with Crippen molar-refractivity contribution in [1.29, 1.82) is 0 Å². The number of hydrogen-bond donors (Lipinski definition) is 2. The third-order valence-corrected chi connectivity index (χ3v) is 6.85. The van der Waals surface area contributed by atoms with Gasteiger partial charge < -0.3 is 10.3 Å². The number of sulfone groups is 1. The maximum absolute atomic E-state index is 12.4. The molecule has 1 amide bonds. The summed E-state index contributed by atoms with van der Waals surface area (Å²) in [5.74, 6) is 0.491. The minimum absolute atomic E-state index is 0.0610. The molecule has 0 aliphatic rings. The molecule has 158 valence electrons. The number of aromatic amines is 1. The van der Waals surface area contributed by atoms with Crippen molar-refractivity contribution in [2.24, 2.45) is 0 Å². The number of imidazole rings is 1. The number of carbonyl (C=O) groups is 1. The predicted octanol–water partition coefficient (Wildman–Crippen LogP) is 4.73. The van der Waals surface area contributed by atoms with Crippen molar-refractivity contribution in [2.75, 3.05) is 11.1 Å². The molecule has 1 aromatic heterocycles. The highest BCUT2D eigenvalue weighted by Crippen LogP contribution is 2.22. The van der Waals surface area contributed by atoms with Gasteiger partial charge in [-0.25, -0.2) is 13.4 Å². The van der Waals surface area contributed by atoms with Crippen molar-refractivity contribution in [2.45, 2.75) is 24.7 Å². The van der Waals surface area contributed by atoms with Crippen LogP contribution in [0.25, 0.3) is 22.4 Å². The van der Waals surface area contributed by atoms with Crippen molar-refractivity contribution in [1.82, 2.24) is 9.97 Å². The van der Waals surface area contributed by atoms with Crippen molar-refractivity contribution < 1.29 is 13.2 Å². The number of hydrogen-bond acceptors (Lipinski definition) is 4. The van der Waals surface area contributed by atoms with Crippen LogP contribution in [0.3, 0.4) is 0 Å². The van der Waals surface area contributed by atoms with Gasteiger partial charge in [-0.2, -0.15) is 0 Å². The summed E-state index contributed by atoms with van der Waals surface area (Å²) < 4.78 is 24.8. The Kier molecular flexibility index (Phi) is 5.86. The lowest BCUT2D eigenvalue weighted by Crippen LogP contribution is -2.14. The van der Waals surface area contributed by atoms with Crippen LogP contribution < -0.4 is 5.32 Å². The first-order valence-corrected chi connectivity index (χ1v) is 11.7. The summed E-state index contributed by atoms with van der Waals surface area (Å²) in [5.41, 5.74) is 4.44. The first-order valence-electron chi connectivity index (χ1n) is 10.1. The van der Waals surface area contributed by atoms with Crippen molar-refractivity contribution in [3.63, 3.8) is 0 Å². The van der Waals surface area contributed by atoms with E-state index in [1.807, 2.05) is 55.5 Å². The van der Waals surface area contributed by atoms with E-state index < -0.39 is 9.84 Å². The maximum atomic E-state index is 12.4. The number of amides is 1. The average Bonchev–Trinajstić information content (AvgIpc) is 3.19. The fourth-order valence-electron chi connectivity index (χ4n) is 3.31. The Morgan fingerprint density at radius 3 is 2.39 bits per heavy atom. The van der Waals surface area contributed by atoms with Crippen LogP contribution in [0.4, 0.5) is 5.69 Å². The van der Waals surface area contributed by atoms with E-state index in [-0.39, 0.29) is 24.5 Å². The minimum Gasteiger partial charge on any atom is -0.338 e. The first-order chi connectivity index (χ1) is 14.9. The van der Waals surface area contributed by atoms with E-state index in [0.717, 1.165) is 28.0 Å². The number of fused-ring (bicyclic) bond motifs is 1. The molecule has 4 aromatic rings. The van der Waals surface area contributed by atoms with Crippen molar-refractivity contribution >= 4 is 32.5 Å². The number of anilines is 1. The third kappa shape index (κ3) is 5.00. The lowest BCUT2D eigenvalue weighted by atomic mass is 10.2. The monoisotopic (exact) mass is 433 g/mol. The van der Waals surface area contributed by atoms with Crippen molar-refractivity contribution in [3.8, 4) is 11.4 Å². The highest BCUT2D eigenvalue weighted by atomic mass is 32.2. The number of rotatable bonds is 7. The van der Waals surface area contributed by atoms with E-state index in [4.69, 9.17) is 0 Å². The molecule has 6 nitrogen and oxygen atoms in total. The second-order valence-electron chi connectivity index (χ2n) is 7.46. The number of nitrogens with one attached hydrogen (secondary N) is 2. The van der Waals surface area contributed by atoms with Crippen LogP contribution in [0.15, 0.2) is 77.7 Å². The molecule has 7 heteroatoms. The molecule has 0 spiro atoms. The van der Waals surface area contributed by atoms with Crippen molar-refractivity contribution in [3.05, 3.63) is 78.4 Å². The Labute approximate surface area is 181 Å². The third-order valence-electron chi connectivity index (χ3n) is 5.03. The van der Waals surface area contributed by atoms with Gasteiger partial charge in [0, 0.05) is 17.7 Å². The molecule has 0 aliphatic heterocycles.